The maximum atomic E-state index is 12.3. The minimum atomic E-state index is -0.962. The summed E-state index contributed by atoms with van der Waals surface area (Å²) in [7, 11) is 0. The van der Waals surface area contributed by atoms with Crippen LogP contribution in [0.1, 0.15) is 34.5 Å². The van der Waals surface area contributed by atoms with Gasteiger partial charge >= 0.3 is 5.97 Å². The van der Waals surface area contributed by atoms with E-state index >= 15 is 0 Å². The number of carboxylic acid groups (broad SMARTS) is 1. The molecule has 3 heterocycles. The van der Waals surface area contributed by atoms with E-state index in [0.29, 0.717) is 31.4 Å². The van der Waals surface area contributed by atoms with Gasteiger partial charge in [0, 0.05) is 44.6 Å². The second-order valence-corrected chi connectivity index (χ2v) is 7.48. The van der Waals surface area contributed by atoms with E-state index < -0.39 is 5.97 Å². The number of fused-ring (bicyclic) bond motifs is 1. The molecule has 2 aliphatic rings. The van der Waals surface area contributed by atoms with Crippen molar-refractivity contribution in [3.63, 3.8) is 0 Å². The Hall–Kier alpha value is -2.89. The average Bonchev–Trinajstić information content (AvgIpc) is 3.20. The average molecular weight is 365 g/mol. The van der Waals surface area contributed by atoms with Crippen molar-refractivity contribution in [2.75, 3.05) is 24.5 Å². The zero-order valence-electron chi connectivity index (χ0n) is 15.5. The number of carbonyl (C=O) groups is 2. The number of anilines is 1. The zero-order valence-corrected chi connectivity index (χ0v) is 15.5. The van der Waals surface area contributed by atoms with Gasteiger partial charge in [-0.05, 0) is 30.2 Å². The molecule has 0 spiro atoms. The molecule has 3 atom stereocenters. The van der Waals surface area contributed by atoms with Gasteiger partial charge in [-0.3, -0.25) is 4.79 Å². The first-order valence-corrected chi connectivity index (χ1v) is 9.23. The number of pyridine rings is 1. The molecule has 0 saturated carbocycles. The Morgan fingerprint density at radius 2 is 1.89 bits per heavy atom. The number of nitrogens with zero attached hydrogens (tertiary/aromatic N) is 3. The van der Waals surface area contributed by atoms with Gasteiger partial charge in [-0.2, -0.15) is 0 Å². The van der Waals surface area contributed by atoms with Crippen LogP contribution in [0.5, 0.6) is 0 Å². The molecular weight excluding hydrogens is 342 g/mol. The molecule has 2 aliphatic heterocycles. The predicted molar refractivity (Wildman–Crippen MR) is 102 cm³/mol. The van der Waals surface area contributed by atoms with Crippen molar-refractivity contribution in [1.82, 2.24) is 9.88 Å². The van der Waals surface area contributed by atoms with Crippen LogP contribution in [0.4, 0.5) is 5.82 Å². The summed E-state index contributed by atoms with van der Waals surface area (Å²) in [4.78, 5) is 32.3. The van der Waals surface area contributed by atoms with Crippen LogP contribution in [-0.2, 0) is 4.79 Å². The molecule has 140 valence electrons. The number of likely N-dealkylation sites (tertiary alicyclic amines) is 1. The quantitative estimate of drug-likeness (QED) is 0.905. The number of hydrogen-bond acceptors (Lipinski definition) is 4. The normalized spacial score (nSPS) is 24.1. The van der Waals surface area contributed by atoms with Gasteiger partial charge in [-0.1, -0.05) is 24.3 Å². The topological polar surface area (TPSA) is 73.7 Å². The fraction of sp³-hybridized carbons (Fsp3) is 0.381. The van der Waals surface area contributed by atoms with Gasteiger partial charge in [-0.25, -0.2) is 9.78 Å². The largest absolute Gasteiger partial charge is 0.478 e. The minimum absolute atomic E-state index is 0.0238. The number of rotatable bonds is 3. The summed E-state index contributed by atoms with van der Waals surface area (Å²) in [6.45, 7) is 5.82. The summed E-state index contributed by atoms with van der Waals surface area (Å²) in [6, 6.07) is 11.5. The van der Waals surface area contributed by atoms with Crippen molar-refractivity contribution in [3.8, 4) is 0 Å². The number of amides is 1. The molecule has 1 aromatic heterocycles. The molecule has 6 heteroatoms. The summed E-state index contributed by atoms with van der Waals surface area (Å²) >= 11 is 0. The summed E-state index contributed by atoms with van der Waals surface area (Å²) in [5.41, 5.74) is 2.59. The van der Waals surface area contributed by atoms with Gasteiger partial charge in [0.2, 0.25) is 5.91 Å². The molecule has 1 amide bonds. The molecule has 6 nitrogen and oxygen atoms in total. The van der Waals surface area contributed by atoms with Crippen LogP contribution in [0.25, 0.3) is 0 Å². The highest BCUT2D eigenvalue weighted by Crippen LogP contribution is 2.46. The Kier molecular flexibility index (Phi) is 4.34. The van der Waals surface area contributed by atoms with Crippen molar-refractivity contribution < 1.29 is 14.7 Å². The molecule has 0 radical (unpaired) electrons. The molecule has 1 aromatic carbocycles. The lowest BCUT2D eigenvalue weighted by atomic mass is 9.87. The van der Waals surface area contributed by atoms with Gasteiger partial charge in [0.1, 0.15) is 11.4 Å². The van der Waals surface area contributed by atoms with E-state index in [9.17, 15) is 14.7 Å². The highest BCUT2D eigenvalue weighted by molar-refractivity contribution is 5.93. The predicted octanol–water partition coefficient (Wildman–Crippen LogP) is 2.74. The molecule has 0 unspecified atom stereocenters. The number of carboxylic acids is 1. The number of aryl methyl sites for hydroxylation is 1. The Labute approximate surface area is 158 Å². The fourth-order valence-electron chi connectivity index (χ4n) is 4.68. The van der Waals surface area contributed by atoms with Crippen molar-refractivity contribution in [2.45, 2.75) is 19.9 Å². The van der Waals surface area contributed by atoms with E-state index in [2.05, 4.69) is 28.9 Å². The number of aromatic nitrogens is 1. The summed E-state index contributed by atoms with van der Waals surface area (Å²) in [6.07, 6.45) is 1.64. The molecule has 27 heavy (non-hydrogen) atoms. The van der Waals surface area contributed by atoms with E-state index in [4.69, 9.17) is 0 Å². The molecule has 0 aliphatic carbocycles. The van der Waals surface area contributed by atoms with Crippen LogP contribution < -0.4 is 4.90 Å². The van der Waals surface area contributed by atoms with Crippen LogP contribution in [-0.4, -0.2) is 46.5 Å². The minimum Gasteiger partial charge on any atom is -0.478 e. The van der Waals surface area contributed by atoms with E-state index in [0.717, 1.165) is 0 Å². The monoisotopic (exact) mass is 365 g/mol. The van der Waals surface area contributed by atoms with Gasteiger partial charge in [0.15, 0.2) is 0 Å². The Morgan fingerprint density at radius 3 is 2.59 bits per heavy atom. The van der Waals surface area contributed by atoms with Gasteiger partial charge in [-0.15, -0.1) is 0 Å². The van der Waals surface area contributed by atoms with Crippen LogP contribution >= 0.6 is 0 Å². The second-order valence-electron chi connectivity index (χ2n) is 7.48. The van der Waals surface area contributed by atoms with Crippen molar-refractivity contribution >= 4 is 17.7 Å². The van der Waals surface area contributed by atoms with Crippen LogP contribution in [0.15, 0.2) is 42.6 Å². The number of carbonyl (C=O) groups excluding carboxylic acids is 1. The first-order valence-electron chi connectivity index (χ1n) is 9.23. The third kappa shape index (κ3) is 2.95. The number of hydrogen-bond donors (Lipinski definition) is 1. The highest BCUT2D eigenvalue weighted by Gasteiger charge is 2.49. The molecule has 2 saturated heterocycles. The first-order chi connectivity index (χ1) is 13.0. The lowest BCUT2D eigenvalue weighted by Crippen LogP contribution is -2.35. The van der Waals surface area contributed by atoms with Crippen LogP contribution in [0.3, 0.4) is 0 Å². The summed E-state index contributed by atoms with van der Waals surface area (Å²) < 4.78 is 0. The Balaban J connectivity index is 1.68. The standard InChI is InChI=1S/C21H23N3O3/c1-13-6-3-4-7-16(13)19-18-12-23(10-15(18)11-24(19)14(2)25)20-17(21(26)27)8-5-9-22-20/h3-9,15,18-19H,10-12H2,1-2H3,(H,26,27)/t15-,18-,19-/m1/s1. The summed E-state index contributed by atoms with van der Waals surface area (Å²) in [5, 5.41) is 9.49. The van der Waals surface area contributed by atoms with Crippen molar-refractivity contribution in [2.24, 2.45) is 11.8 Å². The maximum Gasteiger partial charge on any atom is 0.339 e. The van der Waals surface area contributed by atoms with Crippen LogP contribution in [0, 0.1) is 18.8 Å². The van der Waals surface area contributed by atoms with Gasteiger partial charge < -0.3 is 14.9 Å². The van der Waals surface area contributed by atoms with Crippen molar-refractivity contribution in [1.29, 1.82) is 0 Å². The molecule has 2 fully saturated rings. The molecule has 4 rings (SSSR count). The molecular formula is C21H23N3O3. The second kappa shape index (κ2) is 6.68. The number of benzene rings is 1. The lowest BCUT2D eigenvalue weighted by Gasteiger charge is -2.30. The summed E-state index contributed by atoms with van der Waals surface area (Å²) in [5.74, 6) is 0.224. The van der Waals surface area contributed by atoms with E-state index in [1.54, 1.807) is 25.3 Å². The molecule has 1 N–H and O–H groups in total. The molecule has 2 aromatic rings. The zero-order chi connectivity index (χ0) is 19.1. The fourth-order valence-corrected chi connectivity index (χ4v) is 4.68. The molecule has 0 bridgehead atoms. The Bertz CT molecular complexity index is 898. The van der Waals surface area contributed by atoms with E-state index in [1.807, 2.05) is 17.0 Å². The number of aromatic carboxylic acids is 1. The van der Waals surface area contributed by atoms with Gasteiger partial charge in [0.25, 0.3) is 0 Å². The Morgan fingerprint density at radius 1 is 1.11 bits per heavy atom. The van der Waals surface area contributed by atoms with E-state index in [-0.39, 0.29) is 23.4 Å². The third-order valence-corrected chi connectivity index (χ3v) is 5.89. The van der Waals surface area contributed by atoms with Crippen LogP contribution in [0.2, 0.25) is 0 Å². The van der Waals surface area contributed by atoms with Crippen molar-refractivity contribution in [3.05, 3.63) is 59.3 Å². The lowest BCUT2D eigenvalue weighted by molar-refractivity contribution is -0.130. The highest BCUT2D eigenvalue weighted by atomic mass is 16.4. The first kappa shape index (κ1) is 17.5. The SMILES string of the molecule is CC(=O)N1C[C@H]2CN(c3ncccc3C(=O)O)C[C@H]2[C@H]1c1ccccc1C. The third-order valence-electron chi connectivity index (χ3n) is 5.89. The van der Waals surface area contributed by atoms with E-state index in [1.165, 1.54) is 11.1 Å². The maximum absolute atomic E-state index is 12.3. The van der Waals surface area contributed by atoms with Gasteiger partial charge in [0.05, 0.1) is 6.04 Å². The smallest absolute Gasteiger partial charge is 0.339 e.